The van der Waals surface area contributed by atoms with Crippen LogP contribution in [-0.4, -0.2) is 16.1 Å². The summed E-state index contributed by atoms with van der Waals surface area (Å²) in [5, 5.41) is 0. The Morgan fingerprint density at radius 2 is 1.72 bits per heavy atom. The second-order valence-corrected chi connectivity index (χ2v) is 7.86. The lowest BCUT2D eigenvalue weighted by Gasteiger charge is -2.31. The number of anilines is 1. The van der Waals surface area contributed by atoms with Crippen molar-refractivity contribution in [3.63, 3.8) is 0 Å². The van der Waals surface area contributed by atoms with Gasteiger partial charge in [0.25, 0.3) is 0 Å². The lowest BCUT2D eigenvalue weighted by Crippen LogP contribution is -2.30. The molecule has 29 heavy (non-hydrogen) atoms. The number of benzene rings is 2. The zero-order valence-corrected chi connectivity index (χ0v) is 16.8. The van der Waals surface area contributed by atoms with Gasteiger partial charge in [0.1, 0.15) is 5.82 Å². The summed E-state index contributed by atoms with van der Waals surface area (Å²) in [5.41, 5.74) is 9.10. The minimum Gasteiger partial charge on any atom is -0.365 e. The number of pyridine rings is 1. The fourth-order valence-corrected chi connectivity index (χ4v) is 4.48. The topological polar surface area (TPSA) is 21.1 Å². The summed E-state index contributed by atoms with van der Waals surface area (Å²) in [5.74, 6) is -0.163. The van der Waals surface area contributed by atoms with Gasteiger partial charge >= 0.3 is 0 Å². The average Bonchev–Trinajstić information content (AvgIpc) is 3.00. The van der Waals surface area contributed by atoms with Gasteiger partial charge in [-0.25, -0.2) is 4.39 Å². The third-order valence-electron chi connectivity index (χ3n) is 6.23. The SMILES string of the molecule is Cc1c(C)n(Cc2ccccc2F)c2c(N3CCc4ccccc4C3)ccnc12. The summed E-state index contributed by atoms with van der Waals surface area (Å²) in [6.45, 7) is 6.58. The minimum atomic E-state index is -0.163. The number of fused-ring (bicyclic) bond motifs is 2. The minimum absolute atomic E-state index is 0.163. The van der Waals surface area contributed by atoms with Gasteiger partial charge in [-0.3, -0.25) is 4.98 Å². The monoisotopic (exact) mass is 385 g/mol. The van der Waals surface area contributed by atoms with Crippen LogP contribution >= 0.6 is 0 Å². The quantitative estimate of drug-likeness (QED) is 0.471. The average molecular weight is 385 g/mol. The molecule has 3 heterocycles. The van der Waals surface area contributed by atoms with Crippen LogP contribution in [0.15, 0.2) is 60.8 Å². The van der Waals surface area contributed by atoms with Crippen LogP contribution in [0.4, 0.5) is 10.1 Å². The third kappa shape index (κ3) is 3.00. The van der Waals surface area contributed by atoms with E-state index in [1.807, 2.05) is 18.3 Å². The van der Waals surface area contributed by atoms with Gasteiger partial charge in [-0.15, -0.1) is 0 Å². The largest absolute Gasteiger partial charge is 0.365 e. The lowest BCUT2D eigenvalue weighted by atomic mass is 9.99. The van der Waals surface area contributed by atoms with Crippen LogP contribution < -0.4 is 4.90 Å². The maximum Gasteiger partial charge on any atom is 0.128 e. The van der Waals surface area contributed by atoms with Crippen molar-refractivity contribution < 1.29 is 4.39 Å². The number of hydrogen-bond acceptors (Lipinski definition) is 2. The predicted octanol–water partition coefficient (Wildman–Crippen LogP) is 5.40. The van der Waals surface area contributed by atoms with Gasteiger partial charge in [0.15, 0.2) is 0 Å². The fourth-order valence-electron chi connectivity index (χ4n) is 4.48. The summed E-state index contributed by atoms with van der Waals surface area (Å²) in [6.07, 6.45) is 2.93. The Hall–Kier alpha value is -3.14. The van der Waals surface area contributed by atoms with E-state index in [-0.39, 0.29) is 5.82 Å². The first-order valence-electron chi connectivity index (χ1n) is 10.1. The van der Waals surface area contributed by atoms with Gasteiger partial charge in [0, 0.05) is 30.5 Å². The Morgan fingerprint density at radius 1 is 0.966 bits per heavy atom. The number of aromatic nitrogens is 2. The second-order valence-electron chi connectivity index (χ2n) is 7.86. The number of rotatable bonds is 3. The van der Waals surface area contributed by atoms with Crippen molar-refractivity contribution in [1.29, 1.82) is 0 Å². The normalized spacial score (nSPS) is 13.7. The van der Waals surface area contributed by atoms with E-state index in [1.54, 1.807) is 6.07 Å². The highest BCUT2D eigenvalue weighted by Crippen LogP contribution is 2.34. The van der Waals surface area contributed by atoms with Gasteiger partial charge < -0.3 is 9.47 Å². The van der Waals surface area contributed by atoms with Crippen molar-refractivity contribution in [2.45, 2.75) is 33.4 Å². The summed E-state index contributed by atoms with van der Waals surface area (Å²) in [7, 11) is 0. The first kappa shape index (κ1) is 17.9. The molecule has 2 aromatic carbocycles. The Balaban J connectivity index is 1.64. The van der Waals surface area contributed by atoms with E-state index in [4.69, 9.17) is 0 Å². The Labute approximate surface area is 170 Å². The third-order valence-corrected chi connectivity index (χ3v) is 6.23. The molecule has 5 rings (SSSR count). The molecule has 146 valence electrons. The van der Waals surface area contributed by atoms with Crippen LogP contribution in [0.2, 0.25) is 0 Å². The zero-order valence-electron chi connectivity index (χ0n) is 16.8. The van der Waals surface area contributed by atoms with Crippen molar-refractivity contribution in [3.05, 3.63) is 94.6 Å². The highest BCUT2D eigenvalue weighted by Gasteiger charge is 2.22. The van der Waals surface area contributed by atoms with Gasteiger partial charge in [-0.1, -0.05) is 42.5 Å². The van der Waals surface area contributed by atoms with Crippen LogP contribution in [0.3, 0.4) is 0 Å². The molecule has 0 bridgehead atoms. The smallest absolute Gasteiger partial charge is 0.128 e. The summed E-state index contributed by atoms with van der Waals surface area (Å²) in [4.78, 5) is 7.12. The van der Waals surface area contributed by atoms with Gasteiger partial charge in [0.2, 0.25) is 0 Å². The van der Waals surface area contributed by atoms with Crippen LogP contribution in [0, 0.1) is 19.7 Å². The molecule has 0 N–H and O–H groups in total. The van der Waals surface area contributed by atoms with E-state index in [2.05, 4.69) is 58.6 Å². The molecule has 0 unspecified atom stereocenters. The number of nitrogens with zero attached hydrogens (tertiary/aromatic N) is 3. The zero-order chi connectivity index (χ0) is 20.0. The summed E-state index contributed by atoms with van der Waals surface area (Å²) in [6, 6.07) is 17.8. The molecule has 0 atom stereocenters. The first-order chi connectivity index (χ1) is 14.1. The molecule has 0 fully saturated rings. The van der Waals surface area contributed by atoms with E-state index in [0.29, 0.717) is 12.1 Å². The van der Waals surface area contributed by atoms with Crippen LogP contribution in [0.5, 0.6) is 0 Å². The van der Waals surface area contributed by atoms with E-state index in [1.165, 1.54) is 22.9 Å². The lowest BCUT2D eigenvalue weighted by molar-refractivity contribution is 0.600. The molecule has 0 saturated carbocycles. The van der Waals surface area contributed by atoms with Crippen molar-refractivity contribution in [2.75, 3.05) is 11.4 Å². The number of hydrogen-bond donors (Lipinski definition) is 0. The van der Waals surface area contributed by atoms with E-state index >= 15 is 0 Å². The molecule has 1 aliphatic rings. The summed E-state index contributed by atoms with van der Waals surface area (Å²) >= 11 is 0. The standard InChI is InChI=1S/C25H24FN3/c1-17-18(2)29(16-21-9-5-6-10-22(21)26)25-23(11-13-27-24(17)25)28-14-12-19-7-3-4-8-20(19)15-28/h3-11,13H,12,14-16H2,1-2H3. The molecule has 0 radical (unpaired) electrons. The Bertz CT molecular complexity index is 1210. The summed E-state index contributed by atoms with van der Waals surface area (Å²) < 4.78 is 16.6. The Kier molecular flexibility index (Phi) is 4.35. The van der Waals surface area contributed by atoms with Gasteiger partial charge in [-0.05, 0) is 49.1 Å². The number of aryl methyl sites for hydroxylation is 1. The number of halogens is 1. The first-order valence-corrected chi connectivity index (χ1v) is 10.1. The molecule has 4 aromatic rings. The van der Waals surface area contributed by atoms with Crippen LogP contribution in [0.25, 0.3) is 11.0 Å². The van der Waals surface area contributed by atoms with E-state index < -0.39 is 0 Å². The van der Waals surface area contributed by atoms with Crippen LogP contribution in [0.1, 0.15) is 27.9 Å². The molecule has 0 saturated heterocycles. The molecule has 4 heteroatoms. The highest BCUT2D eigenvalue weighted by molar-refractivity contribution is 5.92. The molecule has 2 aromatic heterocycles. The maximum absolute atomic E-state index is 14.4. The molecule has 0 spiro atoms. The van der Waals surface area contributed by atoms with Crippen molar-refractivity contribution in [2.24, 2.45) is 0 Å². The van der Waals surface area contributed by atoms with E-state index in [9.17, 15) is 4.39 Å². The van der Waals surface area contributed by atoms with Gasteiger partial charge in [-0.2, -0.15) is 0 Å². The molecule has 0 amide bonds. The van der Waals surface area contributed by atoms with E-state index in [0.717, 1.165) is 41.8 Å². The fraction of sp³-hybridized carbons (Fsp3) is 0.240. The second kappa shape index (κ2) is 7.03. The molecular weight excluding hydrogens is 361 g/mol. The van der Waals surface area contributed by atoms with Crippen molar-refractivity contribution in [1.82, 2.24) is 9.55 Å². The Morgan fingerprint density at radius 3 is 2.55 bits per heavy atom. The van der Waals surface area contributed by atoms with Crippen molar-refractivity contribution in [3.8, 4) is 0 Å². The molecule has 0 aliphatic carbocycles. The molecular formula is C25H24FN3. The van der Waals surface area contributed by atoms with Crippen molar-refractivity contribution >= 4 is 16.7 Å². The van der Waals surface area contributed by atoms with Crippen LogP contribution in [-0.2, 0) is 19.5 Å². The molecule has 1 aliphatic heterocycles. The maximum atomic E-state index is 14.4. The van der Waals surface area contributed by atoms with Gasteiger partial charge in [0.05, 0.1) is 23.3 Å². The predicted molar refractivity (Wildman–Crippen MR) is 116 cm³/mol. The highest BCUT2D eigenvalue weighted by atomic mass is 19.1. The molecule has 3 nitrogen and oxygen atoms in total.